The zero-order valence-electron chi connectivity index (χ0n) is 9.65. The van der Waals surface area contributed by atoms with Crippen molar-refractivity contribution in [3.05, 3.63) is 18.2 Å². The van der Waals surface area contributed by atoms with Crippen LogP contribution in [0.5, 0.6) is 11.5 Å². The van der Waals surface area contributed by atoms with E-state index in [1.54, 1.807) is 0 Å². The molecule has 1 aromatic carbocycles. The summed E-state index contributed by atoms with van der Waals surface area (Å²) in [6.45, 7) is -0.167. The lowest BCUT2D eigenvalue weighted by Crippen LogP contribution is -2.20. The topological polar surface area (TPSA) is 67.8 Å². The van der Waals surface area contributed by atoms with E-state index in [9.17, 15) is 13.6 Å². The molecular weight excluding hydrogens is 248 g/mol. The van der Waals surface area contributed by atoms with E-state index in [1.807, 2.05) is 5.32 Å². The first-order valence-electron chi connectivity index (χ1n) is 5.09. The summed E-state index contributed by atoms with van der Waals surface area (Å²) < 4.78 is 34.3. The Labute approximate surface area is 102 Å². The first-order valence-corrected chi connectivity index (χ1v) is 5.09. The highest BCUT2D eigenvalue weighted by molar-refractivity contribution is 5.93. The molecule has 0 unspecified atom stereocenters. The molecule has 0 aromatic heterocycles. The van der Waals surface area contributed by atoms with Crippen LogP contribution in [-0.2, 0) is 4.79 Å². The number of halogens is 2. The SMILES string of the molecule is COc1ccc(NC(=O)C(F)F)cc1OCCO. The van der Waals surface area contributed by atoms with Crippen LogP contribution in [0.1, 0.15) is 0 Å². The maximum absolute atomic E-state index is 12.1. The van der Waals surface area contributed by atoms with Crippen molar-refractivity contribution in [3.8, 4) is 11.5 Å². The second kappa shape index (κ2) is 6.75. The van der Waals surface area contributed by atoms with Gasteiger partial charge in [0.15, 0.2) is 11.5 Å². The number of carbonyl (C=O) groups is 1. The fraction of sp³-hybridized carbons (Fsp3) is 0.364. The monoisotopic (exact) mass is 261 g/mol. The summed E-state index contributed by atoms with van der Waals surface area (Å²) in [6.07, 6.45) is -3.09. The highest BCUT2D eigenvalue weighted by atomic mass is 19.3. The van der Waals surface area contributed by atoms with Crippen LogP contribution in [0.25, 0.3) is 0 Å². The number of methoxy groups -OCH3 is 1. The molecule has 0 saturated heterocycles. The minimum Gasteiger partial charge on any atom is -0.493 e. The van der Waals surface area contributed by atoms with Crippen molar-refractivity contribution in [1.82, 2.24) is 0 Å². The Morgan fingerprint density at radius 3 is 2.72 bits per heavy atom. The van der Waals surface area contributed by atoms with Gasteiger partial charge in [0.25, 0.3) is 5.91 Å². The van der Waals surface area contributed by atoms with E-state index in [0.29, 0.717) is 5.75 Å². The number of rotatable bonds is 6. The summed E-state index contributed by atoms with van der Waals surface area (Å²) in [4.78, 5) is 10.8. The minimum absolute atomic E-state index is 0.0304. The first-order chi connectivity index (χ1) is 8.58. The summed E-state index contributed by atoms with van der Waals surface area (Å²) >= 11 is 0. The van der Waals surface area contributed by atoms with Gasteiger partial charge in [-0.15, -0.1) is 0 Å². The number of nitrogens with one attached hydrogen (secondary N) is 1. The molecule has 0 heterocycles. The highest BCUT2D eigenvalue weighted by Crippen LogP contribution is 2.30. The third-order valence-corrected chi connectivity index (χ3v) is 1.98. The fourth-order valence-corrected chi connectivity index (χ4v) is 1.22. The molecule has 1 aromatic rings. The van der Waals surface area contributed by atoms with Gasteiger partial charge < -0.3 is 19.9 Å². The van der Waals surface area contributed by atoms with Crippen molar-refractivity contribution >= 4 is 11.6 Å². The van der Waals surface area contributed by atoms with Crippen LogP contribution < -0.4 is 14.8 Å². The van der Waals surface area contributed by atoms with Gasteiger partial charge in [-0.25, -0.2) is 0 Å². The smallest absolute Gasteiger partial charge is 0.315 e. The predicted molar refractivity (Wildman–Crippen MR) is 60.2 cm³/mol. The molecule has 0 aliphatic carbocycles. The summed E-state index contributed by atoms with van der Waals surface area (Å²) in [7, 11) is 1.42. The van der Waals surface area contributed by atoms with Gasteiger partial charge in [-0.2, -0.15) is 8.78 Å². The number of benzene rings is 1. The fourth-order valence-electron chi connectivity index (χ4n) is 1.22. The first kappa shape index (κ1) is 14.2. The van der Waals surface area contributed by atoms with E-state index in [-0.39, 0.29) is 24.7 Å². The Morgan fingerprint density at radius 1 is 1.44 bits per heavy atom. The molecule has 5 nitrogen and oxygen atoms in total. The van der Waals surface area contributed by atoms with E-state index >= 15 is 0 Å². The molecule has 100 valence electrons. The van der Waals surface area contributed by atoms with Crippen molar-refractivity contribution in [2.24, 2.45) is 0 Å². The molecule has 0 bridgehead atoms. The Bertz CT molecular complexity index is 412. The highest BCUT2D eigenvalue weighted by Gasteiger charge is 2.16. The van der Waals surface area contributed by atoms with Gasteiger partial charge in [-0.3, -0.25) is 4.79 Å². The van der Waals surface area contributed by atoms with Gasteiger partial charge in [0, 0.05) is 11.8 Å². The molecule has 7 heteroatoms. The largest absolute Gasteiger partial charge is 0.493 e. The molecular formula is C11H13F2NO4. The second-order valence-electron chi connectivity index (χ2n) is 3.23. The van der Waals surface area contributed by atoms with Gasteiger partial charge in [-0.1, -0.05) is 0 Å². The van der Waals surface area contributed by atoms with Crippen LogP contribution in [-0.4, -0.2) is 37.8 Å². The van der Waals surface area contributed by atoms with Gasteiger partial charge >= 0.3 is 6.43 Å². The second-order valence-corrected chi connectivity index (χ2v) is 3.23. The molecule has 0 spiro atoms. The lowest BCUT2D eigenvalue weighted by atomic mass is 10.2. The quantitative estimate of drug-likeness (QED) is 0.809. The average molecular weight is 261 g/mol. The maximum Gasteiger partial charge on any atom is 0.315 e. The molecule has 1 amide bonds. The number of hydrogen-bond acceptors (Lipinski definition) is 4. The van der Waals surface area contributed by atoms with Crippen molar-refractivity contribution in [2.45, 2.75) is 6.43 Å². The van der Waals surface area contributed by atoms with E-state index in [4.69, 9.17) is 14.6 Å². The summed E-state index contributed by atoms with van der Waals surface area (Å²) in [6, 6.07) is 4.22. The van der Waals surface area contributed by atoms with Crippen molar-refractivity contribution in [3.63, 3.8) is 0 Å². The van der Waals surface area contributed by atoms with Crippen LogP contribution in [0.4, 0.5) is 14.5 Å². The van der Waals surface area contributed by atoms with Gasteiger partial charge in [-0.05, 0) is 12.1 Å². The summed E-state index contributed by atoms with van der Waals surface area (Å²) in [5.74, 6) is -0.773. The third-order valence-electron chi connectivity index (χ3n) is 1.98. The van der Waals surface area contributed by atoms with E-state index in [2.05, 4.69) is 0 Å². The normalized spacial score (nSPS) is 10.3. The van der Waals surface area contributed by atoms with Crippen LogP contribution >= 0.6 is 0 Å². The number of ether oxygens (including phenoxy) is 2. The van der Waals surface area contributed by atoms with E-state index < -0.39 is 12.3 Å². The summed E-state index contributed by atoms with van der Waals surface area (Å²) in [5.41, 5.74) is 0.161. The number of carbonyl (C=O) groups excluding carboxylic acids is 1. The van der Waals surface area contributed by atoms with Crippen LogP contribution in [0.2, 0.25) is 0 Å². The molecule has 0 saturated carbocycles. The molecule has 0 fully saturated rings. The molecule has 0 aliphatic rings. The molecule has 0 atom stereocenters. The Hall–Kier alpha value is -1.89. The average Bonchev–Trinajstić information content (AvgIpc) is 2.36. The number of alkyl halides is 2. The van der Waals surface area contributed by atoms with Crippen molar-refractivity contribution < 1.29 is 28.2 Å². The lowest BCUT2D eigenvalue weighted by Gasteiger charge is -2.12. The third kappa shape index (κ3) is 3.85. The number of aliphatic hydroxyl groups is 1. The van der Waals surface area contributed by atoms with E-state index in [1.165, 1.54) is 25.3 Å². The standard InChI is InChI=1S/C11H13F2NO4/c1-17-8-3-2-7(14-11(16)10(12)13)6-9(8)18-5-4-15/h2-3,6,10,15H,4-5H2,1H3,(H,14,16). The van der Waals surface area contributed by atoms with E-state index in [0.717, 1.165) is 0 Å². The Balaban J connectivity index is 2.84. The van der Waals surface area contributed by atoms with Crippen molar-refractivity contribution in [2.75, 3.05) is 25.6 Å². The maximum atomic E-state index is 12.1. The van der Waals surface area contributed by atoms with Gasteiger partial charge in [0.05, 0.1) is 13.7 Å². The zero-order valence-corrected chi connectivity index (χ0v) is 9.65. The predicted octanol–water partition coefficient (Wildman–Crippen LogP) is 1.27. The Kier molecular flexibility index (Phi) is 5.31. The van der Waals surface area contributed by atoms with Crippen LogP contribution in [0.3, 0.4) is 0 Å². The zero-order chi connectivity index (χ0) is 13.5. The molecule has 2 N–H and O–H groups in total. The Morgan fingerprint density at radius 2 is 2.17 bits per heavy atom. The molecule has 1 rings (SSSR count). The number of aliphatic hydroxyl groups excluding tert-OH is 1. The van der Waals surface area contributed by atoms with Crippen LogP contribution in [0.15, 0.2) is 18.2 Å². The van der Waals surface area contributed by atoms with Gasteiger partial charge in [0.1, 0.15) is 6.61 Å². The van der Waals surface area contributed by atoms with Crippen molar-refractivity contribution in [1.29, 1.82) is 0 Å². The number of anilines is 1. The molecule has 0 aliphatic heterocycles. The molecule has 18 heavy (non-hydrogen) atoms. The minimum atomic E-state index is -3.09. The van der Waals surface area contributed by atoms with Crippen LogP contribution in [0, 0.1) is 0 Å². The lowest BCUT2D eigenvalue weighted by molar-refractivity contribution is -0.126. The van der Waals surface area contributed by atoms with Gasteiger partial charge in [0.2, 0.25) is 0 Å². The number of amides is 1. The molecule has 0 radical (unpaired) electrons. The summed E-state index contributed by atoms with van der Waals surface area (Å²) in [5, 5.41) is 10.7. The number of hydrogen-bond donors (Lipinski definition) is 2.